The standard InChI is InChI=1S/C26H32ClN3O4S/c1-19-5-7-21(8-6-19)25(31)28-24(26(32)29-15-3-2-4-16-29)20-13-17-30(18-14-20)35(33,34)23-11-9-22(27)10-12-23/h5-12,20,24H,2-4,13-18H2,1H3,(H,28,31)/t24-/m0/s1. The van der Waals surface area contributed by atoms with E-state index in [1.165, 1.54) is 16.4 Å². The van der Waals surface area contributed by atoms with Crippen LogP contribution in [0.25, 0.3) is 0 Å². The molecule has 0 bridgehead atoms. The van der Waals surface area contributed by atoms with Gasteiger partial charge >= 0.3 is 0 Å². The molecule has 2 fully saturated rings. The summed E-state index contributed by atoms with van der Waals surface area (Å²) in [6.07, 6.45) is 4.01. The Morgan fingerprint density at radius 3 is 2.11 bits per heavy atom. The van der Waals surface area contributed by atoms with Gasteiger partial charge in [-0.3, -0.25) is 9.59 Å². The molecule has 2 aromatic carbocycles. The topological polar surface area (TPSA) is 86.8 Å². The van der Waals surface area contributed by atoms with Crippen molar-refractivity contribution in [3.63, 3.8) is 0 Å². The smallest absolute Gasteiger partial charge is 0.251 e. The number of nitrogens with one attached hydrogen (secondary N) is 1. The summed E-state index contributed by atoms with van der Waals surface area (Å²) < 4.78 is 27.6. The highest BCUT2D eigenvalue weighted by molar-refractivity contribution is 7.89. The number of sulfonamides is 1. The molecule has 2 aliphatic heterocycles. The Labute approximate surface area is 212 Å². The van der Waals surface area contributed by atoms with Gasteiger partial charge in [0.2, 0.25) is 15.9 Å². The highest BCUT2D eigenvalue weighted by atomic mass is 35.5. The Kier molecular flexibility index (Phi) is 8.14. The second-order valence-corrected chi connectivity index (χ2v) is 11.8. The molecule has 1 N–H and O–H groups in total. The lowest BCUT2D eigenvalue weighted by Gasteiger charge is -2.38. The molecule has 2 aliphatic rings. The molecule has 35 heavy (non-hydrogen) atoms. The molecule has 2 heterocycles. The Bertz CT molecular complexity index is 1140. The monoisotopic (exact) mass is 517 g/mol. The van der Waals surface area contributed by atoms with Crippen LogP contribution in [0.4, 0.5) is 0 Å². The van der Waals surface area contributed by atoms with Crippen LogP contribution in [0, 0.1) is 12.8 Å². The molecule has 0 unspecified atom stereocenters. The maximum absolute atomic E-state index is 13.5. The van der Waals surface area contributed by atoms with Gasteiger partial charge in [0, 0.05) is 36.8 Å². The Morgan fingerprint density at radius 2 is 1.51 bits per heavy atom. The van der Waals surface area contributed by atoms with Crippen molar-refractivity contribution in [1.29, 1.82) is 0 Å². The Balaban J connectivity index is 1.49. The minimum atomic E-state index is -3.65. The number of aryl methyl sites for hydroxylation is 1. The van der Waals surface area contributed by atoms with Gasteiger partial charge in [0.05, 0.1) is 4.90 Å². The molecule has 4 rings (SSSR count). The molecule has 0 aromatic heterocycles. The summed E-state index contributed by atoms with van der Waals surface area (Å²) in [6.45, 7) is 3.93. The van der Waals surface area contributed by atoms with E-state index in [1.54, 1.807) is 24.3 Å². The molecular formula is C26H32ClN3O4S. The second-order valence-electron chi connectivity index (χ2n) is 9.40. The molecule has 2 amide bonds. The lowest BCUT2D eigenvalue weighted by atomic mass is 9.88. The number of halogens is 1. The number of nitrogens with zero attached hydrogens (tertiary/aromatic N) is 2. The summed E-state index contributed by atoms with van der Waals surface area (Å²) in [5.41, 5.74) is 1.56. The van der Waals surface area contributed by atoms with Crippen LogP contribution in [0.3, 0.4) is 0 Å². The van der Waals surface area contributed by atoms with Crippen molar-refractivity contribution in [2.24, 2.45) is 5.92 Å². The van der Waals surface area contributed by atoms with Gasteiger partial charge in [-0.25, -0.2) is 8.42 Å². The van der Waals surface area contributed by atoms with E-state index in [1.807, 2.05) is 24.0 Å². The summed E-state index contributed by atoms with van der Waals surface area (Å²) in [4.78, 5) is 28.6. The summed E-state index contributed by atoms with van der Waals surface area (Å²) in [6, 6.07) is 12.7. The zero-order valence-corrected chi connectivity index (χ0v) is 21.5. The summed E-state index contributed by atoms with van der Waals surface area (Å²) in [5, 5.41) is 3.48. The molecule has 0 spiro atoms. The summed E-state index contributed by atoms with van der Waals surface area (Å²) in [7, 11) is -3.65. The quantitative estimate of drug-likeness (QED) is 0.630. The van der Waals surface area contributed by atoms with Gasteiger partial charge in [-0.2, -0.15) is 4.31 Å². The van der Waals surface area contributed by atoms with Gasteiger partial charge in [0.1, 0.15) is 6.04 Å². The Hall–Kier alpha value is -2.42. The largest absolute Gasteiger partial charge is 0.341 e. The first-order chi connectivity index (χ1) is 16.8. The van der Waals surface area contributed by atoms with Crippen LogP contribution < -0.4 is 5.32 Å². The number of likely N-dealkylation sites (tertiary alicyclic amines) is 1. The average Bonchev–Trinajstić information content (AvgIpc) is 2.88. The SMILES string of the molecule is Cc1ccc(C(=O)N[C@H](C(=O)N2CCCCC2)C2CCN(S(=O)(=O)c3ccc(Cl)cc3)CC2)cc1. The number of piperidine rings is 2. The van der Waals surface area contributed by atoms with Crippen LogP contribution in [-0.4, -0.2) is 61.7 Å². The number of benzene rings is 2. The van der Waals surface area contributed by atoms with Crippen molar-refractivity contribution in [3.05, 3.63) is 64.7 Å². The number of rotatable bonds is 6. The van der Waals surface area contributed by atoms with E-state index < -0.39 is 16.1 Å². The van der Waals surface area contributed by atoms with Crippen molar-refractivity contribution >= 4 is 33.4 Å². The fourth-order valence-electron chi connectivity index (χ4n) is 4.83. The third kappa shape index (κ3) is 6.05. The number of hydrogen-bond donors (Lipinski definition) is 1. The lowest BCUT2D eigenvalue weighted by Crippen LogP contribution is -2.55. The fraction of sp³-hybridized carbons (Fsp3) is 0.462. The first kappa shape index (κ1) is 25.7. The lowest BCUT2D eigenvalue weighted by molar-refractivity contribution is -0.135. The van der Waals surface area contributed by atoms with Crippen LogP contribution in [0.1, 0.15) is 48.0 Å². The van der Waals surface area contributed by atoms with Gasteiger partial charge in [-0.05, 0) is 81.3 Å². The number of amides is 2. The van der Waals surface area contributed by atoms with Gasteiger partial charge in [-0.1, -0.05) is 29.3 Å². The van der Waals surface area contributed by atoms with Crippen LogP contribution >= 0.6 is 11.6 Å². The van der Waals surface area contributed by atoms with E-state index in [4.69, 9.17) is 11.6 Å². The zero-order valence-electron chi connectivity index (χ0n) is 20.0. The minimum Gasteiger partial charge on any atom is -0.341 e. The van der Waals surface area contributed by atoms with Crippen LogP contribution in [-0.2, 0) is 14.8 Å². The molecule has 7 nitrogen and oxygen atoms in total. The third-order valence-electron chi connectivity index (χ3n) is 6.96. The molecule has 1 atom stereocenters. The van der Waals surface area contributed by atoms with Gasteiger partial charge in [-0.15, -0.1) is 0 Å². The first-order valence-corrected chi connectivity index (χ1v) is 14.0. The van der Waals surface area contributed by atoms with Gasteiger partial charge in [0.15, 0.2) is 0 Å². The van der Waals surface area contributed by atoms with Crippen molar-refractivity contribution in [2.45, 2.75) is 50.0 Å². The molecule has 0 saturated carbocycles. The zero-order chi connectivity index (χ0) is 25.0. The van der Waals surface area contributed by atoms with E-state index in [9.17, 15) is 18.0 Å². The summed E-state index contributed by atoms with van der Waals surface area (Å²) >= 11 is 5.91. The maximum atomic E-state index is 13.5. The van der Waals surface area contributed by atoms with Crippen molar-refractivity contribution < 1.29 is 18.0 Å². The van der Waals surface area contributed by atoms with E-state index >= 15 is 0 Å². The predicted octanol–water partition coefficient (Wildman–Crippen LogP) is 3.86. The highest BCUT2D eigenvalue weighted by Crippen LogP contribution is 2.28. The maximum Gasteiger partial charge on any atom is 0.251 e. The number of carbonyl (C=O) groups is 2. The van der Waals surface area contributed by atoms with Crippen molar-refractivity contribution in [1.82, 2.24) is 14.5 Å². The van der Waals surface area contributed by atoms with Crippen LogP contribution in [0.2, 0.25) is 5.02 Å². The van der Waals surface area contributed by atoms with E-state index in [0.717, 1.165) is 24.8 Å². The van der Waals surface area contributed by atoms with Crippen molar-refractivity contribution in [3.8, 4) is 0 Å². The molecule has 0 aliphatic carbocycles. The fourth-order valence-corrected chi connectivity index (χ4v) is 6.42. The molecule has 188 valence electrons. The van der Waals surface area contributed by atoms with Crippen molar-refractivity contribution in [2.75, 3.05) is 26.2 Å². The minimum absolute atomic E-state index is 0.0656. The van der Waals surface area contributed by atoms with E-state index in [0.29, 0.717) is 49.6 Å². The molecule has 2 saturated heterocycles. The second kappa shape index (κ2) is 11.1. The predicted molar refractivity (Wildman–Crippen MR) is 136 cm³/mol. The number of carbonyl (C=O) groups excluding carboxylic acids is 2. The van der Waals surface area contributed by atoms with E-state index in [2.05, 4.69) is 5.32 Å². The molecule has 0 radical (unpaired) electrons. The van der Waals surface area contributed by atoms with Gasteiger partial charge < -0.3 is 10.2 Å². The number of hydrogen-bond acceptors (Lipinski definition) is 4. The highest BCUT2D eigenvalue weighted by Gasteiger charge is 2.38. The summed E-state index contributed by atoms with van der Waals surface area (Å²) in [5.74, 6) is -0.490. The van der Waals surface area contributed by atoms with E-state index in [-0.39, 0.29) is 22.6 Å². The van der Waals surface area contributed by atoms with Crippen LogP contribution in [0.15, 0.2) is 53.4 Å². The molecular weight excluding hydrogens is 486 g/mol. The van der Waals surface area contributed by atoms with Crippen LogP contribution in [0.5, 0.6) is 0 Å². The first-order valence-electron chi connectivity index (χ1n) is 12.2. The average molecular weight is 518 g/mol. The third-order valence-corrected chi connectivity index (χ3v) is 9.12. The Morgan fingerprint density at radius 1 is 0.914 bits per heavy atom. The normalized spacial score (nSPS) is 18.7. The van der Waals surface area contributed by atoms with Gasteiger partial charge in [0.25, 0.3) is 5.91 Å². The molecule has 9 heteroatoms. The molecule has 2 aromatic rings.